The quantitative estimate of drug-likeness (QED) is 0.697. The number of hydrogen-bond donors (Lipinski definition) is 2. The van der Waals surface area contributed by atoms with E-state index in [1.54, 1.807) is 7.11 Å². The third-order valence-electron chi connectivity index (χ3n) is 3.47. The molecule has 1 saturated carbocycles. The van der Waals surface area contributed by atoms with Crippen molar-refractivity contribution in [3.63, 3.8) is 0 Å². The Hall–Kier alpha value is -1.22. The maximum atomic E-state index is 6.01. The summed E-state index contributed by atoms with van der Waals surface area (Å²) in [6.45, 7) is 0.962. The van der Waals surface area contributed by atoms with Crippen molar-refractivity contribution in [1.29, 1.82) is 0 Å². The van der Waals surface area contributed by atoms with E-state index in [-0.39, 0.29) is 5.41 Å². The van der Waals surface area contributed by atoms with Gasteiger partial charge in [-0.05, 0) is 18.6 Å². The second kappa shape index (κ2) is 2.42. The number of rotatable bonds is 1. The molecule has 1 aliphatic heterocycles. The Balaban J connectivity index is 2.17. The first-order valence-corrected chi connectivity index (χ1v) is 4.95. The Labute approximate surface area is 83.2 Å². The molecule has 1 fully saturated rings. The number of hydrogen-bond acceptors (Lipinski definition) is 3. The van der Waals surface area contributed by atoms with Crippen molar-refractivity contribution in [2.24, 2.45) is 5.73 Å². The summed E-state index contributed by atoms with van der Waals surface area (Å²) in [4.78, 5) is 0. The van der Waals surface area contributed by atoms with Gasteiger partial charge in [0.15, 0.2) is 0 Å². The molecule has 0 aromatic heterocycles. The van der Waals surface area contributed by atoms with Crippen LogP contribution in [0.25, 0.3) is 0 Å². The summed E-state index contributed by atoms with van der Waals surface area (Å²) in [6.07, 6.45) is 1.08. The number of anilines is 1. The summed E-state index contributed by atoms with van der Waals surface area (Å²) in [6, 6.07) is 6.42. The van der Waals surface area contributed by atoms with Gasteiger partial charge in [-0.2, -0.15) is 0 Å². The lowest BCUT2D eigenvalue weighted by Gasteiger charge is -2.12. The molecule has 3 nitrogen and oxygen atoms in total. The van der Waals surface area contributed by atoms with Gasteiger partial charge in [-0.3, -0.25) is 0 Å². The van der Waals surface area contributed by atoms with Crippen LogP contribution >= 0.6 is 0 Å². The van der Waals surface area contributed by atoms with Crippen LogP contribution in [0, 0.1) is 0 Å². The van der Waals surface area contributed by atoms with E-state index in [9.17, 15) is 0 Å². The molecule has 0 radical (unpaired) electrons. The van der Waals surface area contributed by atoms with E-state index < -0.39 is 0 Å². The minimum atomic E-state index is 0.169. The van der Waals surface area contributed by atoms with Crippen molar-refractivity contribution in [2.45, 2.75) is 17.9 Å². The van der Waals surface area contributed by atoms with Gasteiger partial charge >= 0.3 is 0 Å². The van der Waals surface area contributed by atoms with Crippen molar-refractivity contribution in [1.82, 2.24) is 0 Å². The third-order valence-corrected chi connectivity index (χ3v) is 3.47. The molecule has 2 atom stereocenters. The van der Waals surface area contributed by atoms with Crippen molar-refractivity contribution >= 4 is 5.69 Å². The first-order valence-electron chi connectivity index (χ1n) is 4.95. The van der Waals surface area contributed by atoms with Gasteiger partial charge < -0.3 is 15.8 Å². The zero-order valence-corrected chi connectivity index (χ0v) is 8.21. The highest BCUT2D eigenvalue weighted by molar-refractivity contribution is 5.69. The SMILES string of the molecule is COc1cccc2c1C1(CN2)CC1N. The molecule has 1 aromatic rings. The maximum absolute atomic E-state index is 6.01. The Morgan fingerprint density at radius 3 is 3.00 bits per heavy atom. The van der Waals surface area contributed by atoms with Gasteiger partial charge in [0.1, 0.15) is 5.75 Å². The Morgan fingerprint density at radius 1 is 1.57 bits per heavy atom. The molecule has 3 rings (SSSR count). The number of benzene rings is 1. The summed E-state index contributed by atoms with van der Waals surface area (Å²) in [5.74, 6) is 0.973. The van der Waals surface area contributed by atoms with Crippen LogP contribution in [0.1, 0.15) is 12.0 Å². The lowest BCUT2D eigenvalue weighted by atomic mass is 9.96. The van der Waals surface area contributed by atoms with Crippen LogP contribution in [-0.2, 0) is 5.41 Å². The minimum Gasteiger partial charge on any atom is -0.496 e. The maximum Gasteiger partial charge on any atom is 0.124 e. The van der Waals surface area contributed by atoms with Crippen LogP contribution in [0.3, 0.4) is 0 Å². The summed E-state index contributed by atoms with van der Waals surface area (Å²) in [5, 5.41) is 3.40. The molecule has 74 valence electrons. The van der Waals surface area contributed by atoms with Gasteiger partial charge in [-0.15, -0.1) is 0 Å². The third kappa shape index (κ3) is 0.805. The number of nitrogens with one attached hydrogen (secondary N) is 1. The van der Waals surface area contributed by atoms with Gasteiger partial charge in [0.2, 0.25) is 0 Å². The predicted molar refractivity (Wildman–Crippen MR) is 55.8 cm³/mol. The average Bonchev–Trinajstić information content (AvgIpc) is 2.69. The highest BCUT2D eigenvalue weighted by Crippen LogP contribution is 2.56. The smallest absolute Gasteiger partial charge is 0.124 e. The summed E-state index contributed by atoms with van der Waals surface area (Å²) in [5.41, 5.74) is 8.65. The van der Waals surface area contributed by atoms with E-state index in [1.807, 2.05) is 12.1 Å². The Kier molecular flexibility index (Phi) is 1.40. The first kappa shape index (κ1) is 8.12. The molecular formula is C11H14N2O. The Morgan fingerprint density at radius 2 is 2.36 bits per heavy atom. The van der Waals surface area contributed by atoms with Crippen LogP contribution in [0.5, 0.6) is 5.75 Å². The molecule has 14 heavy (non-hydrogen) atoms. The van der Waals surface area contributed by atoms with E-state index in [2.05, 4.69) is 11.4 Å². The molecule has 0 amide bonds. The standard InChI is InChI=1S/C11H14N2O/c1-14-8-4-2-3-7-10(8)11(6-13-7)5-9(11)12/h2-4,9,13H,5-6,12H2,1H3. The predicted octanol–water partition coefficient (Wildman–Crippen LogP) is 1.09. The number of ether oxygens (including phenoxy) is 1. The van der Waals surface area contributed by atoms with Gasteiger partial charge in [0.05, 0.1) is 7.11 Å². The Bertz CT molecular complexity index is 391. The van der Waals surface area contributed by atoms with Gasteiger partial charge in [0, 0.05) is 29.3 Å². The molecule has 1 heterocycles. The van der Waals surface area contributed by atoms with E-state index in [0.717, 1.165) is 18.7 Å². The number of nitrogens with two attached hydrogens (primary N) is 1. The highest BCUT2D eigenvalue weighted by atomic mass is 16.5. The minimum absolute atomic E-state index is 0.169. The van der Waals surface area contributed by atoms with Crippen LogP contribution in [0.2, 0.25) is 0 Å². The zero-order valence-electron chi connectivity index (χ0n) is 8.21. The molecule has 1 aliphatic carbocycles. The van der Waals surface area contributed by atoms with E-state index >= 15 is 0 Å². The van der Waals surface area contributed by atoms with Gasteiger partial charge in [0.25, 0.3) is 0 Å². The van der Waals surface area contributed by atoms with E-state index in [0.29, 0.717) is 6.04 Å². The molecule has 0 bridgehead atoms. The van der Waals surface area contributed by atoms with Gasteiger partial charge in [-0.25, -0.2) is 0 Å². The van der Waals surface area contributed by atoms with Crippen LogP contribution in [-0.4, -0.2) is 19.7 Å². The topological polar surface area (TPSA) is 47.3 Å². The monoisotopic (exact) mass is 190 g/mol. The number of methoxy groups -OCH3 is 1. The average molecular weight is 190 g/mol. The van der Waals surface area contributed by atoms with Gasteiger partial charge in [-0.1, -0.05) is 6.07 Å². The molecule has 1 aromatic carbocycles. The summed E-state index contributed by atoms with van der Waals surface area (Å²) < 4.78 is 5.39. The van der Waals surface area contributed by atoms with Crippen molar-refractivity contribution in [3.05, 3.63) is 23.8 Å². The number of fused-ring (bicyclic) bond motifs is 2. The molecule has 3 N–H and O–H groups in total. The highest BCUT2D eigenvalue weighted by Gasteiger charge is 2.58. The molecule has 2 unspecified atom stereocenters. The largest absolute Gasteiger partial charge is 0.496 e. The van der Waals surface area contributed by atoms with Crippen molar-refractivity contribution < 1.29 is 4.74 Å². The molecule has 3 heteroatoms. The molecule has 2 aliphatic rings. The summed E-state index contributed by atoms with van der Waals surface area (Å²) >= 11 is 0. The molecule has 1 spiro atoms. The van der Waals surface area contributed by atoms with Crippen molar-refractivity contribution in [3.8, 4) is 5.75 Å². The van der Waals surface area contributed by atoms with E-state index in [1.165, 1.54) is 11.3 Å². The van der Waals surface area contributed by atoms with Crippen molar-refractivity contribution in [2.75, 3.05) is 19.0 Å². The molecule has 0 saturated heterocycles. The first-order chi connectivity index (χ1) is 6.78. The fourth-order valence-corrected chi connectivity index (χ4v) is 2.53. The lowest BCUT2D eigenvalue weighted by molar-refractivity contribution is 0.406. The summed E-state index contributed by atoms with van der Waals surface area (Å²) in [7, 11) is 1.72. The normalized spacial score (nSPS) is 32.6. The van der Waals surface area contributed by atoms with Crippen LogP contribution in [0.4, 0.5) is 5.69 Å². The lowest BCUT2D eigenvalue weighted by Crippen LogP contribution is -2.20. The zero-order chi connectivity index (χ0) is 9.76. The van der Waals surface area contributed by atoms with E-state index in [4.69, 9.17) is 10.5 Å². The van der Waals surface area contributed by atoms with Crippen LogP contribution < -0.4 is 15.8 Å². The second-order valence-corrected chi connectivity index (χ2v) is 4.20. The fraction of sp³-hybridized carbons (Fsp3) is 0.455. The second-order valence-electron chi connectivity index (χ2n) is 4.20. The fourth-order valence-electron chi connectivity index (χ4n) is 2.53. The molecular weight excluding hydrogens is 176 g/mol. The van der Waals surface area contributed by atoms with Crippen LogP contribution in [0.15, 0.2) is 18.2 Å².